The monoisotopic (exact) mass is 259 g/mol. The lowest BCUT2D eigenvalue weighted by molar-refractivity contribution is 0.176. The minimum absolute atomic E-state index is 0.256. The van der Waals surface area contributed by atoms with Crippen molar-refractivity contribution in [3.8, 4) is 17.4 Å². The fourth-order valence-corrected chi connectivity index (χ4v) is 1.65. The van der Waals surface area contributed by atoms with Gasteiger partial charge in [0.1, 0.15) is 12.4 Å². The first kappa shape index (κ1) is 13.1. The minimum Gasteiger partial charge on any atom is -0.495 e. The summed E-state index contributed by atoms with van der Waals surface area (Å²) in [5.74, 6) is 1.33. The van der Waals surface area contributed by atoms with Gasteiger partial charge in [-0.25, -0.2) is 4.68 Å². The third kappa shape index (κ3) is 3.34. The molecule has 0 N–H and O–H groups in total. The molecule has 0 saturated carbocycles. The van der Waals surface area contributed by atoms with Gasteiger partial charge in [0.2, 0.25) is 0 Å². The minimum atomic E-state index is 0.256. The van der Waals surface area contributed by atoms with Crippen LogP contribution in [0.15, 0.2) is 42.7 Å². The van der Waals surface area contributed by atoms with Crippen LogP contribution >= 0.6 is 0 Å². The van der Waals surface area contributed by atoms with E-state index in [4.69, 9.17) is 9.47 Å². The van der Waals surface area contributed by atoms with Gasteiger partial charge in [0.05, 0.1) is 6.61 Å². The second-order valence-corrected chi connectivity index (χ2v) is 3.97. The van der Waals surface area contributed by atoms with Crippen molar-refractivity contribution in [1.29, 1.82) is 0 Å². The van der Waals surface area contributed by atoms with Crippen molar-refractivity contribution in [3.05, 3.63) is 42.7 Å². The molecular formula is C14H17N3O2. The van der Waals surface area contributed by atoms with Crippen molar-refractivity contribution in [1.82, 2.24) is 14.8 Å². The Labute approximate surface area is 112 Å². The van der Waals surface area contributed by atoms with E-state index in [2.05, 4.69) is 16.7 Å². The molecule has 2 aromatic rings. The first-order valence-corrected chi connectivity index (χ1v) is 6.10. The van der Waals surface area contributed by atoms with E-state index in [1.165, 1.54) is 0 Å². The van der Waals surface area contributed by atoms with Gasteiger partial charge in [-0.1, -0.05) is 36.9 Å². The van der Waals surface area contributed by atoms with Crippen molar-refractivity contribution in [2.45, 2.75) is 6.92 Å². The van der Waals surface area contributed by atoms with Gasteiger partial charge in [0.25, 0.3) is 0 Å². The average molecular weight is 259 g/mol. The molecule has 2 rings (SSSR count). The first-order valence-electron chi connectivity index (χ1n) is 6.10. The number of hydrogen-bond donors (Lipinski definition) is 0. The number of aromatic nitrogens is 3. The van der Waals surface area contributed by atoms with E-state index in [1.54, 1.807) is 4.68 Å². The Morgan fingerprint density at radius 2 is 2.05 bits per heavy atom. The molecule has 0 fully saturated rings. The summed E-state index contributed by atoms with van der Waals surface area (Å²) in [5, 5.41) is 4.21. The molecule has 0 radical (unpaired) electrons. The Hall–Kier alpha value is -2.30. The number of hydrogen-bond acceptors (Lipinski definition) is 4. The number of benzene rings is 1. The number of nitrogens with zero attached hydrogens (tertiary/aromatic N) is 3. The Bertz CT molecular complexity index is 549. The highest BCUT2D eigenvalue weighted by atomic mass is 16.5. The summed E-state index contributed by atoms with van der Waals surface area (Å²) in [6.07, 6.45) is 0. The van der Waals surface area contributed by atoms with Crippen molar-refractivity contribution in [2.75, 3.05) is 13.2 Å². The van der Waals surface area contributed by atoms with Gasteiger partial charge >= 0.3 is 6.01 Å². The number of aryl methyl sites for hydroxylation is 1. The quantitative estimate of drug-likeness (QED) is 0.747. The maximum absolute atomic E-state index is 5.44. The predicted octanol–water partition coefficient (Wildman–Crippen LogP) is 2.41. The lowest BCUT2D eigenvalue weighted by Gasteiger charge is -2.05. The summed E-state index contributed by atoms with van der Waals surface area (Å²) in [7, 11) is 1.83. The topological polar surface area (TPSA) is 49.2 Å². The van der Waals surface area contributed by atoms with Crippen LogP contribution in [0.1, 0.15) is 6.92 Å². The Morgan fingerprint density at radius 3 is 2.74 bits per heavy atom. The summed E-state index contributed by atoms with van der Waals surface area (Å²) in [4.78, 5) is 4.35. The van der Waals surface area contributed by atoms with Crippen LogP contribution in [0.3, 0.4) is 0 Å². The van der Waals surface area contributed by atoms with Crippen LogP contribution in [-0.2, 0) is 11.8 Å². The van der Waals surface area contributed by atoms with Crippen LogP contribution in [0.4, 0.5) is 0 Å². The normalized spacial score (nSPS) is 10.2. The molecule has 0 aliphatic carbocycles. The lowest BCUT2D eigenvalue weighted by Crippen LogP contribution is -2.04. The highest BCUT2D eigenvalue weighted by molar-refractivity contribution is 5.54. The van der Waals surface area contributed by atoms with E-state index < -0.39 is 0 Å². The molecule has 0 unspecified atom stereocenters. The molecule has 0 spiro atoms. The summed E-state index contributed by atoms with van der Waals surface area (Å²) in [6, 6.07) is 10.2. The Morgan fingerprint density at radius 1 is 1.32 bits per heavy atom. The molecule has 1 aromatic carbocycles. The average Bonchev–Trinajstić information content (AvgIpc) is 2.79. The van der Waals surface area contributed by atoms with Crippen molar-refractivity contribution >= 4 is 0 Å². The second-order valence-electron chi connectivity index (χ2n) is 3.97. The molecule has 0 aliphatic heterocycles. The fraction of sp³-hybridized carbons (Fsp3) is 0.286. The predicted molar refractivity (Wildman–Crippen MR) is 72.7 cm³/mol. The van der Waals surface area contributed by atoms with Crippen LogP contribution in [0.5, 0.6) is 6.01 Å². The van der Waals surface area contributed by atoms with E-state index in [0.29, 0.717) is 18.4 Å². The zero-order valence-corrected chi connectivity index (χ0v) is 11.2. The summed E-state index contributed by atoms with van der Waals surface area (Å²) in [5.41, 5.74) is 0.996. The van der Waals surface area contributed by atoms with Crippen LogP contribution in [0.2, 0.25) is 0 Å². The van der Waals surface area contributed by atoms with E-state index >= 15 is 0 Å². The molecule has 0 atom stereocenters. The first-order chi connectivity index (χ1) is 9.20. The molecule has 5 heteroatoms. The standard InChI is InChI=1S/C14H17N3O2/c1-4-18-11(2)10-19-14-15-13(17(3)16-14)12-8-6-5-7-9-12/h5-9H,2,4,10H2,1,3H3. The van der Waals surface area contributed by atoms with E-state index in [-0.39, 0.29) is 6.61 Å². The molecule has 19 heavy (non-hydrogen) atoms. The highest BCUT2D eigenvalue weighted by Gasteiger charge is 2.10. The summed E-state index contributed by atoms with van der Waals surface area (Å²) in [6.45, 7) is 6.47. The van der Waals surface area contributed by atoms with Crippen LogP contribution < -0.4 is 4.74 Å². The smallest absolute Gasteiger partial charge is 0.336 e. The third-order valence-corrected chi connectivity index (χ3v) is 2.49. The zero-order valence-electron chi connectivity index (χ0n) is 11.2. The molecule has 5 nitrogen and oxygen atoms in total. The summed E-state index contributed by atoms with van der Waals surface area (Å²) < 4.78 is 12.3. The van der Waals surface area contributed by atoms with E-state index in [1.807, 2.05) is 44.3 Å². The fourth-order valence-electron chi connectivity index (χ4n) is 1.65. The van der Waals surface area contributed by atoms with Crippen LogP contribution in [0, 0.1) is 0 Å². The van der Waals surface area contributed by atoms with Gasteiger partial charge in [-0.2, -0.15) is 4.98 Å². The molecule has 100 valence electrons. The van der Waals surface area contributed by atoms with E-state index in [0.717, 1.165) is 11.4 Å². The molecular weight excluding hydrogens is 242 g/mol. The molecule has 0 aliphatic rings. The third-order valence-electron chi connectivity index (χ3n) is 2.49. The SMILES string of the molecule is C=C(COc1nc(-c2ccccc2)n(C)n1)OCC. The molecule has 0 saturated heterocycles. The van der Waals surface area contributed by atoms with Crippen LogP contribution in [-0.4, -0.2) is 28.0 Å². The van der Waals surface area contributed by atoms with E-state index in [9.17, 15) is 0 Å². The zero-order chi connectivity index (χ0) is 13.7. The van der Waals surface area contributed by atoms with Gasteiger partial charge in [-0.15, -0.1) is 5.10 Å². The maximum atomic E-state index is 5.44. The summed E-state index contributed by atoms with van der Waals surface area (Å²) >= 11 is 0. The van der Waals surface area contributed by atoms with Crippen LogP contribution in [0.25, 0.3) is 11.4 Å². The number of ether oxygens (including phenoxy) is 2. The molecule has 0 amide bonds. The second kappa shape index (κ2) is 6.04. The largest absolute Gasteiger partial charge is 0.495 e. The van der Waals surface area contributed by atoms with Crippen molar-refractivity contribution in [3.63, 3.8) is 0 Å². The van der Waals surface area contributed by atoms with Crippen molar-refractivity contribution in [2.24, 2.45) is 7.05 Å². The van der Waals surface area contributed by atoms with Gasteiger partial charge in [0.15, 0.2) is 5.82 Å². The highest BCUT2D eigenvalue weighted by Crippen LogP contribution is 2.18. The number of rotatable bonds is 6. The van der Waals surface area contributed by atoms with Gasteiger partial charge in [-0.05, 0) is 6.92 Å². The van der Waals surface area contributed by atoms with Gasteiger partial charge in [-0.3, -0.25) is 0 Å². The molecule has 1 aromatic heterocycles. The van der Waals surface area contributed by atoms with Gasteiger partial charge < -0.3 is 9.47 Å². The molecule has 1 heterocycles. The lowest BCUT2D eigenvalue weighted by atomic mass is 10.2. The Balaban J connectivity index is 2.07. The maximum Gasteiger partial charge on any atom is 0.336 e. The molecule has 0 bridgehead atoms. The Kier molecular flexibility index (Phi) is 4.18. The van der Waals surface area contributed by atoms with Gasteiger partial charge in [0, 0.05) is 12.6 Å². The van der Waals surface area contributed by atoms with Crippen molar-refractivity contribution < 1.29 is 9.47 Å².